The summed E-state index contributed by atoms with van der Waals surface area (Å²) < 4.78 is 10.8. The number of hydrogen-bond donors (Lipinski definition) is 3. The van der Waals surface area contributed by atoms with Crippen molar-refractivity contribution in [1.82, 2.24) is 10.2 Å². The first-order valence-corrected chi connectivity index (χ1v) is 10.7. The number of ether oxygens (including phenoxy) is 2. The molecule has 1 fully saturated rings. The van der Waals surface area contributed by atoms with Crippen LogP contribution in [0.2, 0.25) is 0 Å². The van der Waals surface area contributed by atoms with Gasteiger partial charge in [0.1, 0.15) is 5.00 Å². The fourth-order valence-corrected chi connectivity index (χ4v) is 4.38. The van der Waals surface area contributed by atoms with E-state index in [0.29, 0.717) is 40.8 Å². The van der Waals surface area contributed by atoms with E-state index in [0.717, 1.165) is 4.88 Å². The van der Waals surface area contributed by atoms with Gasteiger partial charge in [-0.3, -0.25) is 14.9 Å². The third kappa shape index (κ3) is 4.43. The van der Waals surface area contributed by atoms with Crippen molar-refractivity contribution < 1.29 is 23.9 Å². The van der Waals surface area contributed by atoms with Crippen LogP contribution in [0.3, 0.4) is 0 Å². The summed E-state index contributed by atoms with van der Waals surface area (Å²) in [6, 6.07) is 6.51. The lowest BCUT2D eigenvalue weighted by atomic mass is 9.94. The fourth-order valence-electron chi connectivity index (χ4n) is 3.28. The van der Waals surface area contributed by atoms with Crippen LogP contribution in [0.1, 0.15) is 36.0 Å². The third-order valence-electron chi connectivity index (χ3n) is 4.90. The predicted octanol–water partition coefficient (Wildman–Crippen LogP) is 2.99. The van der Waals surface area contributed by atoms with Crippen LogP contribution in [0.5, 0.6) is 11.5 Å². The lowest BCUT2D eigenvalue weighted by Crippen LogP contribution is -2.50. The minimum Gasteiger partial charge on any atom is -0.454 e. The molecule has 1 aromatic carbocycles. The van der Waals surface area contributed by atoms with E-state index in [2.05, 4.69) is 16.0 Å². The van der Waals surface area contributed by atoms with E-state index in [9.17, 15) is 14.4 Å². The first-order valence-electron chi connectivity index (χ1n) is 9.89. The molecule has 0 unspecified atom stereocenters. The molecule has 0 bridgehead atoms. The molecular weight excluding hydrogens is 420 g/mol. The van der Waals surface area contributed by atoms with Gasteiger partial charge in [0.25, 0.3) is 5.91 Å². The molecule has 9 nitrogen and oxygen atoms in total. The Bertz CT molecular complexity index is 1040. The highest BCUT2D eigenvalue weighted by Gasteiger charge is 2.29. The van der Waals surface area contributed by atoms with Gasteiger partial charge < -0.3 is 25.0 Å². The Morgan fingerprint density at radius 3 is 2.74 bits per heavy atom. The molecule has 2 aliphatic rings. The molecule has 3 heterocycles. The summed E-state index contributed by atoms with van der Waals surface area (Å²) in [5.74, 6) is 0.547. The van der Waals surface area contributed by atoms with E-state index < -0.39 is 6.03 Å². The number of nitrogens with zero attached hydrogens (tertiary/aromatic N) is 1. The summed E-state index contributed by atoms with van der Waals surface area (Å²) in [6.07, 6.45) is 0. The monoisotopic (exact) mass is 444 g/mol. The minimum absolute atomic E-state index is 0.00133. The number of carbonyl (C=O) groups excluding carboxylic acids is 3. The number of nitrogens with one attached hydrogen (secondary N) is 3. The van der Waals surface area contributed by atoms with Gasteiger partial charge in [0.2, 0.25) is 12.7 Å². The molecule has 31 heavy (non-hydrogen) atoms. The molecule has 164 valence electrons. The zero-order valence-corrected chi connectivity index (χ0v) is 18.4. The Balaban J connectivity index is 1.57. The predicted molar refractivity (Wildman–Crippen MR) is 117 cm³/mol. The summed E-state index contributed by atoms with van der Waals surface area (Å²) in [7, 11) is 0. The highest BCUT2D eigenvalue weighted by molar-refractivity contribution is 7.16. The van der Waals surface area contributed by atoms with Crippen LogP contribution in [0, 0.1) is 0 Å². The summed E-state index contributed by atoms with van der Waals surface area (Å²) in [5, 5.41) is 8.70. The SMILES string of the molecule is CC(C)(C)c1cc(C(=O)N2CCNC(=O)C2)c(NC(=O)Nc2cccc3c2OCO3)s1. The Morgan fingerprint density at radius 1 is 1.19 bits per heavy atom. The molecule has 0 saturated carbocycles. The Kier molecular flexibility index (Phi) is 5.48. The second kappa shape index (κ2) is 8.10. The van der Waals surface area contributed by atoms with Gasteiger partial charge in [-0.05, 0) is 23.6 Å². The average Bonchev–Trinajstić information content (AvgIpc) is 3.35. The maximum absolute atomic E-state index is 13.1. The molecule has 4 rings (SSSR count). The standard InChI is InChI=1S/C21H24N4O5S/c1-21(2,3)15-9-12(19(27)25-8-7-22-16(26)10-25)18(31-15)24-20(28)23-13-5-4-6-14-17(13)30-11-29-14/h4-6,9H,7-8,10-11H2,1-3H3,(H,22,26)(H2,23,24,28). The van der Waals surface area contributed by atoms with E-state index in [1.54, 1.807) is 24.3 Å². The summed E-state index contributed by atoms with van der Waals surface area (Å²) in [6.45, 7) is 7.04. The fraction of sp³-hybridized carbons (Fsp3) is 0.381. The van der Waals surface area contributed by atoms with Gasteiger partial charge in [-0.1, -0.05) is 26.8 Å². The molecule has 1 saturated heterocycles. The van der Waals surface area contributed by atoms with E-state index >= 15 is 0 Å². The summed E-state index contributed by atoms with van der Waals surface area (Å²) >= 11 is 1.35. The van der Waals surface area contributed by atoms with Crippen molar-refractivity contribution in [2.24, 2.45) is 0 Å². The molecular formula is C21H24N4O5S. The number of para-hydroxylation sites is 1. The van der Waals surface area contributed by atoms with Crippen LogP contribution in [0.25, 0.3) is 0 Å². The largest absolute Gasteiger partial charge is 0.454 e. The number of thiophene rings is 1. The molecule has 0 spiro atoms. The number of urea groups is 1. The third-order valence-corrected chi connectivity index (χ3v) is 6.38. The normalized spacial score (nSPS) is 15.5. The molecule has 4 amide bonds. The number of amides is 4. The van der Waals surface area contributed by atoms with E-state index in [-0.39, 0.29) is 30.6 Å². The van der Waals surface area contributed by atoms with Gasteiger partial charge in [0.05, 0.1) is 17.8 Å². The maximum atomic E-state index is 13.1. The highest BCUT2D eigenvalue weighted by Crippen LogP contribution is 2.40. The molecule has 1 aromatic heterocycles. The van der Waals surface area contributed by atoms with Crippen LogP contribution in [-0.2, 0) is 10.2 Å². The zero-order chi connectivity index (χ0) is 22.2. The van der Waals surface area contributed by atoms with Crippen molar-refractivity contribution in [3.8, 4) is 11.5 Å². The number of rotatable bonds is 3. The second-order valence-electron chi connectivity index (χ2n) is 8.30. The van der Waals surface area contributed by atoms with Crippen molar-refractivity contribution in [3.05, 3.63) is 34.7 Å². The molecule has 2 aromatic rings. The van der Waals surface area contributed by atoms with Gasteiger partial charge in [-0.25, -0.2) is 4.79 Å². The highest BCUT2D eigenvalue weighted by atomic mass is 32.1. The topological polar surface area (TPSA) is 109 Å². The van der Waals surface area contributed by atoms with Crippen molar-refractivity contribution in [1.29, 1.82) is 0 Å². The quantitative estimate of drug-likeness (QED) is 0.674. The molecule has 0 aliphatic carbocycles. The average molecular weight is 445 g/mol. The molecule has 0 atom stereocenters. The maximum Gasteiger partial charge on any atom is 0.324 e. The zero-order valence-electron chi connectivity index (χ0n) is 17.5. The number of fused-ring (bicyclic) bond motifs is 1. The van der Waals surface area contributed by atoms with E-state index in [1.807, 2.05) is 20.8 Å². The van der Waals surface area contributed by atoms with Crippen LogP contribution < -0.4 is 25.4 Å². The van der Waals surface area contributed by atoms with Crippen LogP contribution in [0.4, 0.5) is 15.5 Å². The van der Waals surface area contributed by atoms with Gasteiger partial charge in [-0.2, -0.15) is 0 Å². The number of carbonyl (C=O) groups is 3. The van der Waals surface area contributed by atoms with Crippen molar-refractivity contribution >= 4 is 39.9 Å². The van der Waals surface area contributed by atoms with Crippen molar-refractivity contribution in [3.63, 3.8) is 0 Å². The Morgan fingerprint density at radius 2 is 2.00 bits per heavy atom. The second-order valence-corrected chi connectivity index (χ2v) is 9.35. The van der Waals surface area contributed by atoms with Gasteiger partial charge >= 0.3 is 6.03 Å². The smallest absolute Gasteiger partial charge is 0.324 e. The molecule has 10 heteroatoms. The van der Waals surface area contributed by atoms with Gasteiger partial charge in [0, 0.05) is 18.0 Å². The summed E-state index contributed by atoms with van der Waals surface area (Å²) in [4.78, 5) is 40.1. The number of piperazine rings is 1. The van der Waals surface area contributed by atoms with Crippen LogP contribution in [-0.4, -0.2) is 49.2 Å². The van der Waals surface area contributed by atoms with Gasteiger partial charge in [0.15, 0.2) is 11.5 Å². The summed E-state index contributed by atoms with van der Waals surface area (Å²) in [5.41, 5.74) is 0.638. The van der Waals surface area contributed by atoms with Crippen LogP contribution >= 0.6 is 11.3 Å². The van der Waals surface area contributed by atoms with Gasteiger partial charge in [-0.15, -0.1) is 11.3 Å². The first kappa shape index (κ1) is 21.0. The van der Waals surface area contributed by atoms with E-state index in [1.165, 1.54) is 16.2 Å². The molecule has 3 N–H and O–H groups in total. The Hall–Kier alpha value is -3.27. The van der Waals surface area contributed by atoms with Crippen molar-refractivity contribution in [2.75, 3.05) is 37.1 Å². The number of benzene rings is 1. The lowest BCUT2D eigenvalue weighted by molar-refractivity contribution is -0.123. The minimum atomic E-state index is -0.503. The lowest BCUT2D eigenvalue weighted by Gasteiger charge is -2.26. The number of anilines is 2. The van der Waals surface area contributed by atoms with Crippen molar-refractivity contribution in [2.45, 2.75) is 26.2 Å². The molecule has 2 aliphatic heterocycles. The van der Waals surface area contributed by atoms with E-state index in [4.69, 9.17) is 9.47 Å². The number of hydrogen-bond acceptors (Lipinski definition) is 6. The Labute approximate surface area is 183 Å². The van der Waals surface area contributed by atoms with Crippen LogP contribution in [0.15, 0.2) is 24.3 Å². The molecule has 0 radical (unpaired) electrons. The first-order chi connectivity index (χ1) is 14.7.